The van der Waals surface area contributed by atoms with Crippen molar-refractivity contribution in [1.29, 1.82) is 0 Å². The number of hydrogen-bond acceptors (Lipinski definition) is 5. The molecule has 3 rings (SSSR count). The van der Waals surface area contributed by atoms with Crippen molar-refractivity contribution in [2.24, 2.45) is 5.41 Å². The van der Waals surface area contributed by atoms with E-state index >= 15 is 0 Å². The van der Waals surface area contributed by atoms with Crippen LogP contribution in [0.3, 0.4) is 0 Å². The molecule has 0 aromatic carbocycles. The molecule has 0 spiro atoms. The van der Waals surface area contributed by atoms with Crippen molar-refractivity contribution in [1.82, 2.24) is 4.98 Å². The molecule has 2 aliphatic rings. The average Bonchev–Trinajstić information content (AvgIpc) is 2.72. The molecule has 1 aliphatic heterocycles. The number of rotatable bonds is 1. The summed E-state index contributed by atoms with van der Waals surface area (Å²) in [6.45, 7) is 7.77. The summed E-state index contributed by atoms with van der Waals surface area (Å²) in [7, 11) is 0. The van der Waals surface area contributed by atoms with Crippen LogP contribution >= 0.6 is 11.3 Å². The summed E-state index contributed by atoms with van der Waals surface area (Å²) in [6, 6.07) is 0. The number of anilines is 1. The first-order chi connectivity index (χ1) is 8.55. The van der Waals surface area contributed by atoms with Crippen molar-refractivity contribution in [3.05, 3.63) is 10.6 Å². The molecule has 18 heavy (non-hydrogen) atoms. The van der Waals surface area contributed by atoms with Crippen LogP contribution in [0.4, 0.5) is 5.13 Å². The Labute approximate surface area is 112 Å². The van der Waals surface area contributed by atoms with E-state index in [9.17, 15) is 5.11 Å². The minimum Gasteiger partial charge on any atom is -0.387 e. The van der Waals surface area contributed by atoms with Crippen LogP contribution in [0.15, 0.2) is 0 Å². The molecule has 100 valence electrons. The van der Waals surface area contributed by atoms with Gasteiger partial charge < -0.3 is 14.7 Å². The lowest BCUT2D eigenvalue weighted by Gasteiger charge is -2.31. The molecule has 1 aromatic rings. The second-order valence-electron chi connectivity index (χ2n) is 5.97. The summed E-state index contributed by atoms with van der Waals surface area (Å²) >= 11 is 1.66. The Kier molecular flexibility index (Phi) is 3.08. The molecule has 0 amide bonds. The highest BCUT2D eigenvalue weighted by molar-refractivity contribution is 7.15. The minimum atomic E-state index is -0.337. The molecule has 5 heteroatoms. The van der Waals surface area contributed by atoms with Crippen LogP contribution in [-0.4, -0.2) is 36.4 Å². The maximum Gasteiger partial charge on any atom is 0.186 e. The van der Waals surface area contributed by atoms with E-state index in [-0.39, 0.29) is 11.5 Å². The van der Waals surface area contributed by atoms with Crippen molar-refractivity contribution in [3.63, 3.8) is 0 Å². The second-order valence-corrected chi connectivity index (χ2v) is 6.98. The third kappa shape index (κ3) is 2.27. The van der Waals surface area contributed by atoms with E-state index in [0.717, 1.165) is 54.8 Å². The van der Waals surface area contributed by atoms with Gasteiger partial charge in [0.05, 0.1) is 29.9 Å². The molecule has 1 fully saturated rings. The first kappa shape index (κ1) is 12.4. The van der Waals surface area contributed by atoms with Gasteiger partial charge in [0.25, 0.3) is 0 Å². The molecule has 1 unspecified atom stereocenters. The molecular weight excluding hydrogens is 248 g/mol. The average molecular weight is 268 g/mol. The Balaban J connectivity index is 1.87. The smallest absolute Gasteiger partial charge is 0.186 e. The van der Waals surface area contributed by atoms with Crippen LogP contribution in [0.2, 0.25) is 0 Å². The first-order valence-corrected chi connectivity index (χ1v) is 7.37. The zero-order valence-corrected chi connectivity index (χ0v) is 11.8. The number of aromatic nitrogens is 1. The Morgan fingerprint density at radius 1 is 1.39 bits per heavy atom. The molecule has 1 atom stereocenters. The number of thiazole rings is 1. The Bertz CT molecular complexity index is 438. The van der Waals surface area contributed by atoms with E-state index in [1.165, 1.54) is 0 Å². The zero-order chi connectivity index (χ0) is 12.8. The number of ether oxygens (including phenoxy) is 1. The predicted molar refractivity (Wildman–Crippen MR) is 72.2 cm³/mol. The predicted octanol–water partition coefficient (Wildman–Crippen LogP) is 1.99. The lowest BCUT2D eigenvalue weighted by atomic mass is 9.77. The highest BCUT2D eigenvalue weighted by Crippen LogP contribution is 2.44. The molecule has 1 N–H and O–H groups in total. The summed E-state index contributed by atoms with van der Waals surface area (Å²) in [5.74, 6) is 0. The Morgan fingerprint density at radius 2 is 2.11 bits per heavy atom. The van der Waals surface area contributed by atoms with Gasteiger partial charge in [0.2, 0.25) is 0 Å². The van der Waals surface area contributed by atoms with Gasteiger partial charge in [-0.2, -0.15) is 0 Å². The monoisotopic (exact) mass is 268 g/mol. The molecule has 0 saturated carbocycles. The Hall–Kier alpha value is -0.650. The molecule has 0 bridgehead atoms. The van der Waals surface area contributed by atoms with Gasteiger partial charge in [0, 0.05) is 13.1 Å². The molecule has 2 heterocycles. The first-order valence-electron chi connectivity index (χ1n) is 6.55. The SMILES string of the molecule is CC1(C)Cc2nc(N3CCOCC3)sc2C(O)C1. The Morgan fingerprint density at radius 3 is 2.83 bits per heavy atom. The van der Waals surface area contributed by atoms with Gasteiger partial charge in [0.1, 0.15) is 0 Å². The second kappa shape index (κ2) is 4.47. The van der Waals surface area contributed by atoms with Gasteiger partial charge in [0.15, 0.2) is 5.13 Å². The van der Waals surface area contributed by atoms with Gasteiger partial charge >= 0.3 is 0 Å². The van der Waals surface area contributed by atoms with E-state index in [4.69, 9.17) is 9.72 Å². The fraction of sp³-hybridized carbons (Fsp3) is 0.769. The number of aliphatic hydroxyl groups excluding tert-OH is 1. The van der Waals surface area contributed by atoms with Crippen LogP contribution in [0.25, 0.3) is 0 Å². The van der Waals surface area contributed by atoms with Crippen LogP contribution in [0.5, 0.6) is 0 Å². The number of aliphatic hydroxyl groups is 1. The third-order valence-corrected chi connectivity index (χ3v) is 4.95. The summed E-state index contributed by atoms with van der Waals surface area (Å²) in [5, 5.41) is 11.3. The fourth-order valence-electron chi connectivity index (χ4n) is 2.77. The third-order valence-electron chi connectivity index (χ3n) is 3.69. The summed E-state index contributed by atoms with van der Waals surface area (Å²) in [6.07, 6.45) is 1.47. The quantitative estimate of drug-likeness (QED) is 0.846. The van der Waals surface area contributed by atoms with Crippen LogP contribution in [-0.2, 0) is 11.2 Å². The van der Waals surface area contributed by atoms with Gasteiger partial charge in [-0.15, -0.1) is 0 Å². The minimum absolute atomic E-state index is 0.156. The largest absolute Gasteiger partial charge is 0.387 e. The highest BCUT2D eigenvalue weighted by Gasteiger charge is 2.34. The van der Waals surface area contributed by atoms with E-state index in [1.807, 2.05) is 0 Å². The lowest BCUT2D eigenvalue weighted by Crippen LogP contribution is -2.36. The van der Waals surface area contributed by atoms with Gasteiger partial charge in [-0.05, 0) is 18.3 Å². The van der Waals surface area contributed by atoms with Crippen molar-refractivity contribution in [2.75, 3.05) is 31.2 Å². The van der Waals surface area contributed by atoms with Crippen LogP contribution in [0, 0.1) is 5.41 Å². The van der Waals surface area contributed by atoms with E-state index < -0.39 is 0 Å². The zero-order valence-electron chi connectivity index (χ0n) is 11.0. The van der Waals surface area contributed by atoms with Gasteiger partial charge in [-0.25, -0.2) is 4.98 Å². The molecule has 1 aliphatic carbocycles. The number of hydrogen-bond donors (Lipinski definition) is 1. The van der Waals surface area contributed by atoms with Crippen molar-refractivity contribution in [3.8, 4) is 0 Å². The van der Waals surface area contributed by atoms with Crippen molar-refractivity contribution >= 4 is 16.5 Å². The van der Waals surface area contributed by atoms with Crippen LogP contribution in [0.1, 0.15) is 36.9 Å². The van der Waals surface area contributed by atoms with Crippen LogP contribution < -0.4 is 4.90 Å². The standard InChI is InChI=1S/C13H20N2O2S/c1-13(2)7-9-11(10(16)8-13)18-12(14-9)15-3-5-17-6-4-15/h10,16H,3-8H2,1-2H3. The topological polar surface area (TPSA) is 45.6 Å². The number of morpholine rings is 1. The van der Waals surface area contributed by atoms with Gasteiger partial charge in [-0.1, -0.05) is 25.2 Å². The molecule has 4 nitrogen and oxygen atoms in total. The molecule has 1 aromatic heterocycles. The van der Waals surface area contributed by atoms with E-state index in [1.54, 1.807) is 11.3 Å². The van der Waals surface area contributed by atoms with E-state index in [0.29, 0.717) is 0 Å². The van der Waals surface area contributed by atoms with Gasteiger partial charge in [-0.3, -0.25) is 0 Å². The number of nitrogens with zero attached hydrogens (tertiary/aromatic N) is 2. The van der Waals surface area contributed by atoms with Crippen molar-refractivity contribution < 1.29 is 9.84 Å². The maximum absolute atomic E-state index is 10.2. The summed E-state index contributed by atoms with van der Waals surface area (Å²) < 4.78 is 5.36. The highest BCUT2D eigenvalue weighted by atomic mass is 32.1. The van der Waals surface area contributed by atoms with E-state index in [2.05, 4.69) is 18.7 Å². The number of fused-ring (bicyclic) bond motifs is 1. The lowest BCUT2D eigenvalue weighted by molar-refractivity contribution is 0.102. The summed E-state index contributed by atoms with van der Waals surface area (Å²) in [5.41, 5.74) is 1.26. The molecule has 0 radical (unpaired) electrons. The molecule has 1 saturated heterocycles. The molecular formula is C13H20N2O2S. The summed E-state index contributed by atoms with van der Waals surface area (Å²) in [4.78, 5) is 8.10. The van der Waals surface area contributed by atoms with Crippen molar-refractivity contribution in [2.45, 2.75) is 32.8 Å². The maximum atomic E-state index is 10.2. The fourth-order valence-corrected chi connectivity index (χ4v) is 3.89. The normalized spacial score (nSPS) is 27.1.